The molecular formula is C14H23FN2O. The Morgan fingerprint density at radius 3 is 2.72 bits per heavy atom. The maximum atomic E-state index is 12.7. The SMILES string of the molecule is CCC(C)CN(C)CCC(O)c1ccc(F)cn1. The van der Waals surface area contributed by atoms with Gasteiger partial charge >= 0.3 is 0 Å². The Hall–Kier alpha value is -1.00. The van der Waals surface area contributed by atoms with E-state index in [0.29, 0.717) is 18.0 Å². The highest BCUT2D eigenvalue weighted by atomic mass is 19.1. The lowest BCUT2D eigenvalue weighted by molar-refractivity contribution is 0.141. The number of halogens is 1. The van der Waals surface area contributed by atoms with Crippen molar-refractivity contribution in [1.82, 2.24) is 9.88 Å². The molecule has 0 saturated heterocycles. The lowest BCUT2D eigenvalue weighted by atomic mass is 10.1. The molecule has 0 amide bonds. The topological polar surface area (TPSA) is 36.4 Å². The van der Waals surface area contributed by atoms with E-state index in [1.807, 2.05) is 0 Å². The molecule has 2 unspecified atom stereocenters. The summed E-state index contributed by atoms with van der Waals surface area (Å²) in [5.41, 5.74) is 0.535. The summed E-state index contributed by atoms with van der Waals surface area (Å²) in [5.74, 6) is 0.288. The Morgan fingerprint density at radius 2 is 2.17 bits per heavy atom. The number of aliphatic hydroxyl groups excluding tert-OH is 1. The first-order valence-electron chi connectivity index (χ1n) is 6.51. The van der Waals surface area contributed by atoms with Crippen molar-refractivity contribution in [2.24, 2.45) is 5.92 Å². The summed E-state index contributed by atoms with van der Waals surface area (Å²) < 4.78 is 12.7. The molecule has 1 rings (SSSR count). The number of nitrogens with zero attached hydrogens (tertiary/aromatic N) is 2. The van der Waals surface area contributed by atoms with Gasteiger partial charge in [0.25, 0.3) is 0 Å². The molecule has 0 bridgehead atoms. The van der Waals surface area contributed by atoms with Gasteiger partial charge in [-0.25, -0.2) is 4.39 Å². The smallest absolute Gasteiger partial charge is 0.141 e. The average molecular weight is 254 g/mol. The fourth-order valence-electron chi connectivity index (χ4n) is 1.83. The van der Waals surface area contributed by atoms with Crippen LogP contribution in [0.2, 0.25) is 0 Å². The summed E-state index contributed by atoms with van der Waals surface area (Å²) in [5, 5.41) is 9.94. The molecule has 1 aromatic rings. The third-order valence-electron chi connectivity index (χ3n) is 3.20. The number of aliphatic hydroxyl groups is 1. The second-order valence-electron chi connectivity index (χ2n) is 4.98. The average Bonchev–Trinajstić information content (AvgIpc) is 2.36. The van der Waals surface area contributed by atoms with Crippen molar-refractivity contribution in [2.45, 2.75) is 32.8 Å². The Bertz CT molecular complexity index is 342. The molecule has 3 nitrogen and oxygen atoms in total. The van der Waals surface area contributed by atoms with Gasteiger partial charge in [0.05, 0.1) is 18.0 Å². The monoisotopic (exact) mass is 254 g/mol. The Kier molecular flexibility index (Phi) is 6.22. The van der Waals surface area contributed by atoms with Crippen LogP contribution in [-0.4, -0.2) is 35.1 Å². The van der Waals surface area contributed by atoms with Gasteiger partial charge < -0.3 is 10.0 Å². The molecule has 4 heteroatoms. The third-order valence-corrected chi connectivity index (χ3v) is 3.20. The molecule has 1 N–H and O–H groups in total. The molecule has 0 radical (unpaired) electrons. The lowest BCUT2D eigenvalue weighted by Crippen LogP contribution is -2.26. The van der Waals surface area contributed by atoms with E-state index in [4.69, 9.17) is 0 Å². The highest BCUT2D eigenvalue weighted by molar-refractivity contribution is 5.07. The van der Waals surface area contributed by atoms with Crippen molar-refractivity contribution in [3.63, 3.8) is 0 Å². The molecule has 0 spiro atoms. The summed E-state index contributed by atoms with van der Waals surface area (Å²) in [7, 11) is 2.05. The van der Waals surface area contributed by atoms with Crippen molar-refractivity contribution in [3.05, 3.63) is 29.8 Å². The Labute approximate surface area is 109 Å². The lowest BCUT2D eigenvalue weighted by Gasteiger charge is -2.21. The van der Waals surface area contributed by atoms with Gasteiger partial charge in [0.2, 0.25) is 0 Å². The van der Waals surface area contributed by atoms with Gasteiger partial charge in [0.1, 0.15) is 5.82 Å². The number of pyridine rings is 1. The van der Waals surface area contributed by atoms with E-state index >= 15 is 0 Å². The number of rotatable bonds is 7. The van der Waals surface area contributed by atoms with Crippen LogP contribution >= 0.6 is 0 Å². The normalized spacial score (nSPS) is 14.8. The number of hydrogen-bond donors (Lipinski definition) is 1. The molecule has 1 aromatic heterocycles. The van der Waals surface area contributed by atoms with Crippen LogP contribution in [0, 0.1) is 11.7 Å². The van der Waals surface area contributed by atoms with Crippen molar-refractivity contribution in [1.29, 1.82) is 0 Å². The second kappa shape index (κ2) is 7.44. The zero-order chi connectivity index (χ0) is 13.5. The van der Waals surface area contributed by atoms with Crippen LogP contribution in [0.5, 0.6) is 0 Å². The highest BCUT2D eigenvalue weighted by Gasteiger charge is 2.11. The largest absolute Gasteiger partial charge is 0.387 e. The molecule has 0 aromatic carbocycles. The molecule has 2 atom stereocenters. The number of hydrogen-bond acceptors (Lipinski definition) is 3. The van der Waals surface area contributed by atoms with E-state index in [9.17, 15) is 9.50 Å². The van der Waals surface area contributed by atoms with Crippen LogP contribution in [0.4, 0.5) is 4.39 Å². The van der Waals surface area contributed by atoms with Crippen molar-refractivity contribution in [2.75, 3.05) is 20.1 Å². The zero-order valence-corrected chi connectivity index (χ0v) is 11.4. The minimum atomic E-state index is -0.620. The van der Waals surface area contributed by atoms with Crippen LogP contribution in [0.3, 0.4) is 0 Å². The summed E-state index contributed by atoms with van der Waals surface area (Å²) >= 11 is 0. The van der Waals surface area contributed by atoms with Gasteiger partial charge in [0, 0.05) is 13.1 Å². The van der Waals surface area contributed by atoms with E-state index in [0.717, 1.165) is 25.7 Å². The molecular weight excluding hydrogens is 231 g/mol. The molecule has 0 aliphatic heterocycles. The maximum Gasteiger partial charge on any atom is 0.141 e. The quantitative estimate of drug-likeness (QED) is 0.812. The van der Waals surface area contributed by atoms with Crippen LogP contribution in [0.25, 0.3) is 0 Å². The molecule has 1 heterocycles. The van der Waals surface area contributed by atoms with Crippen LogP contribution in [0.1, 0.15) is 38.5 Å². The molecule has 0 aliphatic carbocycles. The first kappa shape index (κ1) is 15.1. The minimum Gasteiger partial charge on any atom is -0.387 e. The molecule has 0 fully saturated rings. The molecule has 0 aliphatic rings. The fourth-order valence-corrected chi connectivity index (χ4v) is 1.83. The van der Waals surface area contributed by atoms with Crippen molar-refractivity contribution < 1.29 is 9.50 Å². The van der Waals surface area contributed by atoms with E-state index in [2.05, 4.69) is 30.8 Å². The zero-order valence-electron chi connectivity index (χ0n) is 11.4. The summed E-state index contributed by atoms with van der Waals surface area (Å²) in [4.78, 5) is 6.10. The van der Waals surface area contributed by atoms with Crippen LogP contribution < -0.4 is 0 Å². The Balaban J connectivity index is 2.36. The standard InChI is InChI=1S/C14H23FN2O/c1-4-11(2)10-17(3)8-7-14(18)13-6-5-12(15)9-16-13/h5-6,9,11,14,18H,4,7-8,10H2,1-3H3. The van der Waals surface area contributed by atoms with Crippen molar-refractivity contribution in [3.8, 4) is 0 Å². The summed E-state index contributed by atoms with van der Waals surface area (Å²) in [6, 6.07) is 2.86. The highest BCUT2D eigenvalue weighted by Crippen LogP contribution is 2.15. The van der Waals surface area contributed by atoms with E-state index in [-0.39, 0.29) is 5.82 Å². The number of aromatic nitrogens is 1. The summed E-state index contributed by atoms with van der Waals surface area (Å²) in [6.07, 6.45) is 2.30. The third kappa shape index (κ3) is 5.10. The van der Waals surface area contributed by atoms with Gasteiger partial charge in [-0.15, -0.1) is 0 Å². The predicted octanol–water partition coefficient (Wildman–Crippen LogP) is 2.62. The van der Waals surface area contributed by atoms with E-state index < -0.39 is 6.10 Å². The van der Waals surface area contributed by atoms with Gasteiger partial charge in [-0.3, -0.25) is 4.98 Å². The minimum absolute atomic E-state index is 0.375. The van der Waals surface area contributed by atoms with E-state index in [1.165, 1.54) is 12.1 Å². The fraction of sp³-hybridized carbons (Fsp3) is 0.643. The van der Waals surface area contributed by atoms with Crippen molar-refractivity contribution >= 4 is 0 Å². The maximum absolute atomic E-state index is 12.7. The van der Waals surface area contributed by atoms with Crippen LogP contribution in [0.15, 0.2) is 18.3 Å². The first-order chi connectivity index (χ1) is 8.52. The van der Waals surface area contributed by atoms with E-state index in [1.54, 1.807) is 0 Å². The molecule has 102 valence electrons. The van der Waals surface area contributed by atoms with Gasteiger partial charge in [-0.05, 0) is 31.5 Å². The van der Waals surface area contributed by atoms with Gasteiger partial charge in [0.15, 0.2) is 0 Å². The first-order valence-corrected chi connectivity index (χ1v) is 6.51. The van der Waals surface area contributed by atoms with Crippen LogP contribution in [-0.2, 0) is 0 Å². The predicted molar refractivity (Wildman–Crippen MR) is 70.7 cm³/mol. The summed E-state index contributed by atoms with van der Waals surface area (Å²) in [6.45, 7) is 6.23. The van der Waals surface area contributed by atoms with Gasteiger partial charge in [-0.2, -0.15) is 0 Å². The molecule has 0 saturated carbocycles. The Morgan fingerprint density at radius 1 is 1.44 bits per heavy atom. The molecule has 18 heavy (non-hydrogen) atoms. The van der Waals surface area contributed by atoms with Gasteiger partial charge in [-0.1, -0.05) is 20.3 Å². The second-order valence-corrected chi connectivity index (χ2v) is 4.98.